The Balaban J connectivity index is 2.66. The Morgan fingerprint density at radius 1 is 1.24 bits per heavy atom. The SMILES string of the molecule is CC(C)[C@H](OC(=O)Cc1ccc(Br)cc1)C(=O)NC(N)=O. The molecule has 0 spiro atoms. The molecule has 1 aromatic carbocycles. The molecule has 21 heavy (non-hydrogen) atoms. The highest BCUT2D eigenvalue weighted by Crippen LogP contribution is 2.13. The molecule has 7 heteroatoms. The highest BCUT2D eigenvalue weighted by atomic mass is 79.9. The van der Waals surface area contributed by atoms with Crippen LogP contribution in [-0.4, -0.2) is 24.0 Å². The summed E-state index contributed by atoms with van der Waals surface area (Å²) in [6.07, 6.45) is -1.01. The van der Waals surface area contributed by atoms with Crippen LogP contribution in [0.4, 0.5) is 4.79 Å². The van der Waals surface area contributed by atoms with Gasteiger partial charge in [-0.1, -0.05) is 41.9 Å². The zero-order valence-electron chi connectivity index (χ0n) is 11.8. The third-order valence-corrected chi connectivity index (χ3v) is 3.16. The summed E-state index contributed by atoms with van der Waals surface area (Å²) in [5.41, 5.74) is 5.65. The van der Waals surface area contributed by atoms with Gasteiger partial charge in [0, 0.05) is 4.47 Å². The van der Waals surface area contributed by atoms with Crippen molar-refractivity contribution in [3.63, 3.8) is 0 Å². The van der Waals surface area contributed by atoms with Crippen LogP contribution >= 0.6 is 15.9 Å². The molecule has 0 radical (unpaired) electrons. The van der Waals surface area contributed by atoms with Crippen molar-refractivity contribution in [3.8, 4) is 0 Å². The van der Waals surface area contributed by atoms with Gasteiger partial charge in [0.2, 0.25) is 0 Å². The number of halogens is 1. The first-order chi connectivity index (χ1) is 9.79. The van der Waals surface area contributed by atoms with Gasteiger partial charge in [0.15, 0.2) is 6.10 Å². The smallest absolute Gasteiger partial charge is 0.318 e. The summed E-state index contributed by atoms with van der Waals surface area (Å²) < 4.78 is 6.04. The van der Waals surface area contributed by atoms with Crippen molar-refractivity contribution in [2.24, 2.45) is 11.7 Å². The third kappa shape index (κ3) is 5.95. The average molecular weight is 357 g/mol. The van der Waals surface area contributed by atoms with E-state index in [1.54, 1.807) is 26.0 Å². The second kappa shape index (κ2) is 7.78. The first-order valence-corrected chi connectivity index (χ1v) is 7.13. The van der Waals surface area contributed by atoms with E-state index in [2.05, 4.69) is 15.9 Å². The standard InChI is InChI=1S/C14H17BrN2O4/c1-8(2)12(13(19)17-14(16)20)21-11(18)7-9-3-5-10(15)6-4-9/h3-6,8,12H,7H2,1-2H3,(H3,16,17,19,20)/t12-/m0/s1. The van der Waals surface area contributed by atoms with Crippen LogP contribution in [0.1, 0.15) is 19.4 Å². The highest BCUT2D eigenvalue weighted by Gasteiger charge is 2.27. The maximum absolute atomic E-state index is 11.9. The molecule has 0 aliphatic heterocycles. The van der Waals surface area contributed by atoms with Crippen molar-refractivity contribution in [2.75, 3.05) is 0 Å². The second-order valence-electron chi connectivity index (χ2n) is 4.81. The largest absolute Gasteiger partial charge is 0.452 e. The lowest BCUT2D eigenvalue weighted by molar-refractivity contribution is -0.157. The fourth-order valence-electron chi connectivity index (χ4n) is 1.64. The molecule has 0 saturated heterocycles. The molecule has 6 nitrogen and oxygen atoms in total. The zero-order valence-corrected chi connectivity index (χ0v) is 13.3. The normalized spacial score (nSPS) is 11.8. The lowest BCUT2D eigenvalue weighted by atomic mass is 10.1. The summed E-state index contributed by atoms with van der Waals surface area (Å²) >= 11 is 3.30. The number of nitrogens with one attached hydrogen (secondary N) is 1. The maximum Gasteiger partial charge on any atom is 0.318 e. The minimum absolute atomic E-state index is 0.0420. The first-order valence-electron chi connectivity index (χ1n) is 6.34. The van der Waals surface area contributed by atoms with Crippen molar-refractivity contribution < 1.29 is 19.1 Å². The molecular formula is C14H17BrN2O4. The van der Waals surface area contributed by atoms with Gasteiger partial charge in [-0.2, -0.15) is 0 Å². The van der Waals surface area contributed by atoms with E-state index in [0.29, 0.717) is 0 Å². The Bertz CT molecular complexity index is 528. The van der Waals surface area contributed by atoms with E-state index in [-0.39, 0.29) is 12.3 Å². The lowest BCUT2D eigenvalue weighted by Gasteiger charge is -2.19. The van der Waals surface area contributed by atoms with Gasteiger partial charge in [-0.05, 0) is 23.6 Å². The van der Waals surface area contributed by atoms with Gasteiger partial charge >= 0.3 is 12.0 Å². The molecule has 0 fully saturated rings. The fourth-order valence-corrected chi connectivity index (χ4v) is 1.90. The van der Waals surface area contributed by atoms with Gasteiger partial charge < -0.3 is 10.5 Å². The summed E-state index contributed by atoms with van der Waals surface area (Å²) in [6, 6.07) is 6.19. The third-order valence-electron chi connectivity index (χ3n) is 2.63. The van der Waals surface area contributed by atoms with Crippen molar-refractivity contribution >= 4 is 33.8 Å². The number of primary amides is 1. The number of carbonyl (C=O) groups is 3. The average Bonchev–Trinajstić information content (AvgIpc) is 2.37. The second-order valence-corrected chi connectivity index (χ2v) is 5.73. The van der Waals surface area contributed by atoms with Gasteiger partial charge in [-0.25, -0.2) is 4.79 Å². The Morgan fingerprint density at radius 3 is 2.29 bits per heavy atom. The van der Waals surface area contributed by atoms with Crippen LogP contribution in [0.3, 0.4) is 0 Å². The number of urea groups is 1. The zero-order chi connectivity index (χ0) is 16.0. The number of carbonyl (C=O) groups excluding carboxylic acids is 3. The number of amides is 3. The molecule has 0 bridgehead atoms. The summed E-state index contributed by atoms with van der Waals surface area (Å²) in [7, 11) is 0. The molecular weight excluding hydrogens is 340 g/mol. The van der Waals surface area contributed by atoms with E-state index in [0.717, 1.165) is 10.0 Å². The number of benzene rings is 1. The number of imide groups is 1. The molecule has 0 saturated carbocycles. The molecule has 3 amide bonds. The summed E-state index contributed by atoms with van der Waals surface area (Å²) in [5, 5.41) is 1.92. The summed E-state index contributed by atoms with van der Waals surface area (Å²) in [4.78, 5) is 34.3. The van der Waals surface area contributed by atoms with Crippen molar-refractivity contribution in [1.82, 2.24) is 5.32 Å². The van der Waals surface area contributed by atoms with Crippen LogP contribution in [0, 0.1) is 5.92 Å². The van der Waals surface area contributed by atoms with Crippen LogP contribution in [0.5, 0.6) is 0 Å². The number of hydrogen-bond acceptors (Lipinski definition) is 4. The Kier molecular flexibility index (Phi) is 6.36. The van der Waals surface area contributed by atoms with Gasteiger partial charge in [0.25, 0.3) is 5.91 Å². The van der Waals surface area contributed by atoms with E-state index < -0.39 is 24.0 Å². The molecule has 0 unspecified atom stereocenters. The minimum atomic E-state index is -1.06. The number of hydrogen-bond donors (Lipinski definition) is 2. The van der Waals surface area contributed by atoms with E-state index in [4.69, 9.17) is 10.5 Å². The Morgan fingerprint density at radius 2 is 1.81 bits per heavy atom. The number of rotatable bonds is 5. The molecule has 0 aromatic heterocycles. The van der Waals surface area contributed by atoms with Crippen LogP contribution in [0.25, 0.3) is 0 Å². The first kappa shape index (κ1) is 17.2. The predicted octanol–water partition coefficient (Wildman–Crippen LogP) is 1.75. The molecule has 1 atom stereocenters. The monoisotopic (exact) mass is 356 g/mol. The maximum atomic E-state index is 11.9. The Labute approximate surface area is 131 Å². The molecule has 0 heterocycles. The van der Waals surface area contributed by atoms with E-state index in [9.17, 15) is 14.4 Å². The molecule has 1 rings (SSSR count). The molecule has 1 aromatic rings. The van der Waals surface area contributed by atoms with Crippen LogP contribution in [-0.2, 0) is 20.7 Å². The van der Waals surface area contributed by atoms with Gasteiger partial charge in [-0.15, -0.1) is 0 Å². The minimum Gasteiger partial charge on any atom is -0.452 e. The van der Waals surface area contributed by atoms with Gasteiger partial charge in [0.05, 0.1) is 6.42 Å². The van der Waals surface area contributed by atoms with Crippen LogP contribution < -0.4 is 11.1 Å². The number of nitrogens with two attached hydrogens (primary N) is 1. The van der Waals surface area contributed by atoms with E-state index >= 15 is 0 Å². The molecule has 0 aliphatic rings. The van der Waals surface area contributed by atoms with Crippen LogP contribution in [0.2, 0.25) is 0 Å². The quantitative estimate of drug-likeness (QED) is 0.785. The fraction of sp³-hybridized carbons (Fsp3) is 0.357. The number of esters is 1. The van der Waals surface area contributed by atoms with Crippen molar-refractivity contribution in [1.29, 1.82) is 0 Å². The van der Waals surface area contributed by atoms with Gasteiger partial charge in [0.1, 0.15) is 0 Å². The highest BCUT2D eigenvalue weighted by molar-refractivity contribution is 9.10. The predicted molar refractivity (Wildman–Crippen MR) is 80.3 cm³/mol. The van der Waals surface area contributed by atoms with Crippen molar-refractivity contribution in [2.45, 2.75) is 26.4 Å². The lowest BCUT2D eigenvalue weighted by Crippen LogP contribution is -2.45. The summed E-state index contributed by atoms with van der Waals surface area (Å²) in [5.74, 6) is -1.55. The molecule has 114 valence electrons. The topological polar surface area (TPSA) is 98.5 Å². The summed E-state index contributed by atoms with van der Waals surface area (Å²) in [6.45, 7) is 3.41. The van der Waals surface area contributed by atoms with Crippen LogP contribution in [0.15, 0.2) is 28.7 Å². The molecule has 0 aliphatic carbocycles. The molecule has 3 N–H and O–H groups in total. The van der Waals surface area contributed by atoms with E-state index in [1.807, 2.05) is 17.4 Å². The Hall–Kier alpha value is -1.89. The van der Waals surface area contributed by atoms with Gasteiger partial charge in [-0.3, -0.25) is 14.9 Å². The van der Waals surface area contributed by atoms with E-state index in [1.165, 1.54) is 0 Å². The van der Waals surface area contributed by atoms with Crippen molar-refractivity contribution in [3.05, 3.63) is 34.3 Å². The number of ether oxygens (including phenoxy) is 1.